The summed E-state index contributed by atoms with van der Waals surface area (Å²) in [7, 11) is 1.60. The van der Waals surface area contributed by atoms with E-state index in [-0.39, 0.29) is 17.7 Å². The fourth-order valence-corrected chi connectivity index (χ4v) is 3.58. The molecule has 1 unspecified atom stereocenters. The van der Waals surface area contributed by atoms with Crippen molar-refractivity contribution in [3.63, 3.8) is 0 Å². The first-order valence-corrected chi connectivity index (χ1v) is 9.93. The van der Waals surface area contributed by atoms with Crippen molar-refractivity contribution in [3.8, 4) is 0 Å². The molecule has 1 heterocycles. The maximum Gasteiger partial charge on any atom is 0.270 e. The van der Waals surface area contributed by atoms with Gasteiger partial charge in [0.2, 0.25) is 5.95 Å². The van der Waals surface area contributed by atoms with E-state index in [4.69, 9.17) is 21.6 Å². The van der Waals surface area contributed by atoms with E-state index in [2.05, 4.69) is 20.6 Å². The van der Waals surface area contributed by atoms with Gasteiger partial charge in [-0.3, -0.25) is 10.2 Å². The van der Waals surface area contributed by atoms with Gasteiger partial charge in [-0.25, -0.2) is 4.98 Å². The van der Waals surface area contributed by atoms with Gasteiger partial charge < -0.3 is 26.8 Å². The summed E-state index contributed by atoms with van der Waals surface area (Å²) in [6, 6.07) is 14.2. The third-order valence-corrected chi connectivity index (χ3v) is 5.11. The standard InChI is InChI=1S/C23H23N7O2/c1-32-19-12-15(10-13-4-2-3-5-16(13)19)29-22(31)21(25)17-11-14(6-7-18(17)24)28-20-8-9-27-23(26)30-20/h2-9,11-12,15,25H,10,24H2,1H3,(H,29,31)(H3,26,27,28,30). The maximum atomic E-state index is 12.9. The second kappa shape index (κ2) is 8.76. The van der Waals surface area contributed by atoms with Crippen LogP contribution in [-0.4, -0.2) is 34.7 Å². The number of rotatable bonds is 6. The minimum Gasteiger partial charge on any atom is -0.496 e. The van der Waals surface area contributed by atoms with Crippen LogP contribution in [0.5, 0.6) is 0 Å². The van der Waals surface area contributed by atoms with Crippen LogP contribution in [0.15, 0.2) is 60.8 Å². The van der Waals surface area contributed by atoms with Crippen LogP contribution in [0, 0.1) is 5.41 Å². The first-order chi connectivity index (χ1) is 15.4. The third-order valence-electron chi connectivity index (χ3n) is 5.11. The van der Waals surface area contributed by atoms with E-state index < -0.39 is 5.91 Å². The number of benzene rings is 2. The van der Waals surface area contributed by atoms with Crippen molar-refractivity contribution in [3.05, 3.63) is 77.5 Å². The lowest BCUT2D eigenvalue weighted by atomic mass is 9.92. The number of nitrogen functional groups attached to an aromatic ring is 2. The molecule has 1 aliphatic rings. The molecule has 1 aromatic heterocycles. The van der Waals surface area contributed by atoms with Crippen LogP contribution < -0.4 is 22.1 Å². The fraction of sp³-hybridized carbons (Fsp3) is 0.130. The van der Waals surface area contributed by atoms with Crippen molar-refractivity contribution in [2.24, 2.45) is 0 Å². The molecule has 3 aromatic rings. The summed E-state index contributed by atoms with van der Waals surface area (Å²) < 4.78 is 5.48. The number of amides is 1. The van der Waals surface area contributed by atoms with Gasteiger partial charge in [0.25, 0.3) is 5.91 Å². The Morgan fingerprint density at radius 3 is 2.78 bits per heavy atom. The lowest BCUT2D eigenvalue weighted by Crippen LogP contribution is -2.41. The van der Waals surface area contributed by atoms with Crippen LogP contribution in [0.25, 0.3) is 5.76 Å². The average molecular weight is 429 g/mol. The summed E-state index contributed by atoms with van der Waals surface area (Å²) in [6.45, 7) is 0. The minimum absolute atomic E-state index is 0.135. The largest absolute Gasteiger partial charge is 0.496 e. The Kier molecular flexibility index (Phi) is 5.71. The second-order valence-electron chi connectivity index (χ2n) is 7.28. The first-order valence-electron chi connectivity index (χ1n) is 9.93. The number of nitrogens with one attached hydrogen (secondary N) is 3. The predicted molar refractivity (Wildman–Crippen MR) is 124 cm³/mol. The number of aromatic nitrogens is 2. The lowest BCUT2D eigenvalue weighted by molar-refractivity contribution is -0.115. The van der Waals surface area contributed by atoms with Gasteiger partial charge in [-0.15, -0.1) is 0 Å². The van der Waals surface area contributed by atoms with Crippen molar-refractivity contribution in [1.29, 1.82) is 5.41 Å². The summed E-state index contributed by atoms with van der Waals surface area (Å²) in [6.07, 6.45) is 3.99. The van der Waals surface area contributed by atoms with Gasteiger partial charge in [0.05, 0.1) is 13.2 Å². The maximum absolute atomic E-state index is 12.9. The van der Waals surface area contributed by atoms with Crippen LogP contribution in [-0.2, 0) is 16.0 Å². The molecule has 7 N–H and O–H groups in total. The van der Waals surface area contributed by atoms with E-state index in [0.717, 1.165) is 11.1 Å². The van der Waals surface area contributed by atoms with E-state index >= 15 is 0 Å². The summed E-state index contributed by atoms with van der Waals surface area (Å²) in [5.41, 5.74) is 14.7. The Bertz CT molecular complexity index is 1220. The van der Waals surface area contributed by atoms with Gasteiger partial charge in [-0.1, -0.05) is 24.3 Å². The highest BCUT2D eigenvalue weighted by atomic mass is 16.5. The molecule has 1 aliphatic carbocycles. The minimum atomic E-state index is -0.531. The predicted octanol–water partition coefficient (Wildman–Crippen LogP) is 2.48. The zero-order valence-corrected chi connectivity index (χ0v) is 17.4. The van der Waals surface area contributed by atoms with E-state index in [1.165, 1.54) is 6.20 Å². The Hall–Kier alpha value is -4.40. The average Bonchev–Trinajstić information content (AvgIpc) is 2.79. The molecule has 32 heavy (non-hydrogen) atoms. The van der Waals surface area contributed by atoms with Gasteiger partial charge >= 0.3 is 0 Å². The van der Waals surface area contributed by atoms with Crippen LogP contribution in [0.3, 0.4) is 0 Å². The number of hydrogen-bond acceptors (Lipinski definition) is 8. The van der Waals surface area contributed by atoms with E-state index in [1.54, 1.807) is 31.4 Å². The fourth-order valence-electron chi connectivity index (χ4n) is 3.58. The van der Waals surface area contributed by atoms with E-state index in [1.807, 2.05) is 30.3 Å². The Morgan fingerprint density at radius 1 is 1.19 bits per heavy atom. The highest BCUT2D eigenvalue weighted by Gasteiger charge is 2.24. The molecule has 9 heteroatoms. The number of carbonyl (C=O) groups excluding carboxylic acids is 1. The van der Waals surface area contributed by atoms with Gasteiger partial charge in [0, 0.05) is 28.7 Å². The lowest BCUT2D eigenvalue weighted by Gasteiger charge is -2.24. The molecule has 0 aliphatic heterocycles. The summed E-state index contributed by atoms with van der Waals surface area (Å²) in [4.78, 5) is 20.8. The molecular weight excluding hydrogens is 406 g/mol. The van der Waals surface area contributed by atoms with Crippen molar-refractivity contribution in [2.45, 2.75) is 12.5 Å². The van der Waals surface area contributed by atoms with Crippen LogP contribution in [0.2, 0.25) is 0 Å². The van der Waals surface area contributed by atoms with Gasteiger partial charge in [0.1, 0.15) is 17.3 Å². The molecule has 1 amide bonds. The van der Waals surface area contributed by atoms with Gasteiger partial charge in [0.15, 0.2) is 0 Å². The molecule has 0 saturated heterocycles. The number of carbonyl (C=O) groups is 1. The number of hydrogen-bond donors (Lipinski definition) is 5. The summed E-state index contributed by atoms with van der Waals surface area (Å²) in [5.74, 6) is 0.785. The molecule has 1 atom stereocenters. The highest BCUT2D eigenvalue weighted by Crippen LogP contribution is 2.27. The zero-order valence-electron chi connectivity index (χ0n) is 17.4. The zero-order chi connectivity index (χ0) is 22.7. The molecular formula is C23H23N7O2. The molecule has 0 spiro atoms. The van der Waals surface area contributed by atoms with Crippen molar-refractivity contribution in [1.82, 2.24) is 15.3 Å². The molecule has 0 radical (unpaired) electrons. The second-order valence-corrected chi connectivity index (χ2v) is 7.28. The van der Waals surface area contributed by atoms with Gasteiger partial charge in [-0.05, 0) is 42.3 Å². The molecule has 0 bridgehead atoms. The first kappa shape index (κ1) is 20.9. The number of nitrogens with two attached hydrogens (primary N) is 2. The molecule has 0 fully saturated rings. The van der Waals surface area contributed by atoms with Crippen LogP contribution in [0.4, 0.5) is 23.1 Å². The van der Waals surface area contributed by atoms with Crippen molar-refractivity contribution in [2.75, 3.05) is 23.9 Å². The van der Waals surface area contributed by atoms with Crippen molar-refractivity contribution < 1.29 is 9.53 Å². The number of methoxy groups -OCH3 is 1. The molecule has 162 valence electrons. The Morgan fingerprint density at radius 2 is 2.00 bits per heavy atom. The monoisotopic (exact) mass is 429 g/mol. The summed E-state index contributed by atoms with van der Waals surface area (Å²) >= 11 is 0. The quantitative estimate of drug-likeness (QED) is 0.298. The highest BCUT2D eigenvalue weighted by molar-refractivity contribution is 6.45. The third kappa shape index (κ3) is 4.36. The van der Waals surface area contributed by atoms with E-state index in [0.29, 0.717) is 34.9 Å². The number of anilines is 4. The van der Waals surface area contributed by atoms with Crippen LogP contribution >= 0.6 is 0 Å². The molecule has 4 rings (SSSR count). The Labute approximate surface area is 185 Å². The van der Waals surface area contributed by atoms with Gasteiger partial charge in [-0.2, -0.15) is 4.98 Å². The Balaban J connectivity index is 1.51. The normalized spacial score (nSPS) is 14.7. The number of nitrogens with zero attached hydrogens (tertiary/aromatic N) is 2. The van der Waals surface area contributed by atoms with Crippen LogP contribution in [0.1, 0.15) is 16.7 Å². The molecule has 0 saturated carbocycles. The van der Waals surface area contributed by atoms with E-state index in [9.17, 15) is 4.79 Å². The number of fused-ring (bicyclic) bond motifs is 1. The number of ether oxygens (including phenoxy) is 1. The molecule has 2 aromatic carbocycles. The smallest absolute Gasteiger partial charge is 0.270 e. The van der Waals surface area contributed by atoms with Crippen molar-refractivity contribution >= 4 is 40.5 Å². The molecule has 9 nitrogen and oxygen atoms in total. The SMILES string of the molecule is COC1=CC(NC(=O)C(=N)c2cc(Nc3ccnc(N)n3)ccc2N)Cc2ccccc21. The summed E-state index contributed by atoms with van der Waals surface area (Å²) in [5, 5.41) is 14.4. The topological polar surface area (TPSA) is 152 Å².